The minimum atomic E-state index is -0.770. The van der Waals surface area contributed by atoms with Gasteiger partial charge in [0.25, 0.3) is 5.91 Å². The van der Waals surface area contributed by atoms with Gasteiger partial charge in [0.2, 0.25) is 5.91 Å². The van der Waals surface area contributed by atoms with Crippen molar-refractivity contribution in [2.45, 2.75) is 50.7 Å². The number of amides is 2. The Bertz CT molecular complexity index is 1280. The monoisotopic (exact) mass is 584 g/mol. The first-order valence-corrected chi connectivity index (χ1v) is 14.1. The van der Waals surface area contributed by atoms with Crippen molar-refractivity contribution >= 4 is 35.0 Å². The van der Waals surface area contributed by atoms with E-state index < -0.39 is 6.04 Å². The summed E-state index contributed by atoms with van der Waals surface area (Å²) in [5.74, 6) is 0.941. The molecule has 1 aliphatic carbocycles. The first-order valence-electron chi connectivity index (χ1n) is 13.3. The Morgan fingerprint density at radius 2 is 1.52 bits per heavy atom. The molecule has 0 radical (unpaired) electrons. The lowest BCUT2D eigenvalue weighted by atomic mass is 10.0. The molecule has 7 nitrogen and oxygen atoms in total. The van der Waals surface area contributed by atoms with Crippen LogP contribution in [-0.4, -0.2) is 49.6 Å². The Kier molecular flexibility index (Phi) is 10.6. The average molecular weight is 586 g/mol. The molecule has 0 heterocycles. The summed E-state index contributed by atoms with van der Waals surface area (Å²) >= 11 is 12.4. The lowest BCUT2D eigenvalue weighted by molar-refractivity contribution is -0.143. The highest BCUT2D eigenvalue weighted by Crippen LogP contribution is 2.28. The van der Waals surface area contributed by atoms with Crippen LogP contribution in [0.3, 0.4) is 0 Å². The van der Waals surface area contributed by atoms with E-state index in [-0.39, 0.29) is 31.0 Å². The molecular weight excluding hydrogens is 551 g/mol. The molecule has 1 atom stereocenters. The molecule has 3 aromatic rings. The van der Waals surface area contributed by atoms with Crippen molar-refractivity contribution in [1.29, 1.82) is 0 Å². The zero-order chi connectivity index (χ0) is 28.5. The summed E-state index contributed by atoms with van der Waals surface area (Å²) in [5.41, 5.74) is 1.69. The molecule has 9 heteroatoms. The fraction of sp³-hybridized carbons (Fsp3) is 0.355. The maximum Gasteiger partial charge on any atom is 0.261 e. The van der Waals surface area contributed by atoms with Crippen LogP contribution in [0, 0.1) is 0 Å². The van der Waals surface area contributed by atoms with E-state index in [1.54, 1.807) is 55.5 Å². The second kappa shape index (κ2) is 14.3. The van der Waals surface area contributed by atoms with Gasteiger partial charge in [-0.1, -0.05) is 72.4 Å². The first-order chi connectivity index (χ1) is 19.4. The Morgan fingerprint density at radius 1 is 0.875 bits per heavy atom. The summed E-state index contributed by atoms with van der Waals surface area (Å²) in [7, 11) is 3.08. The maximum atomic E-state index is 13.9. The Hall–Kier alpha value is -3.42. The van der Waals surface area contributed by atoms with Crippen LogP contribution in [0.5, 0.6) is 17.2 Å². The highest BCUT2D eigenvalue weighted by molar-refractivity contribution is 6.42. The zero-order valence-electron chi connectivity index (χ0n) is 22.7. The van der Waals surface area contributed by atoms with Crippen LogP contribution in [0.1, 0.15) is 36.8 Å². The number of nitrogens with one attached hydrogen (secondary N) is 1. The van der Waals surface area contributed by atoms with Gasteiger partial charge in [-0.3, -0.25) is 9.59 Å². The van der Waals surface area contributed by atoms with Crippen LogP contribution in [0.4, 0.5) is 0 Å². The Morgan fingerprint density at radius 3 is 2.15 bits per heavy atom. The number of rotatable bonds is 12. The Labute approximate surface area is 245 Å². The van der Waals surface area contributed by atoms with Gasteiger partial charge >= 0.3 is 0 Å². The zero-order valence-corrected chi connectivity index (χ0v) is 24.2. The van der Waals surface area contributed by atoms with Gasteiger partial charge in [0.1, 0.15) is 23.3 Å². The molecule has 3 aromatic carbocycles. The van der Waals surface area contributed by atoms with Gasteiger partial charge in [0, 0.05) is 37.2 Å². The van der Waals surface area contributed by atoms with E-state index in [0.717, 1.165) is 36.8 Å². The third kappa shape index (κ3) is 8.05. The van der Waals surface area contributed by atoms with Gasteiger partial charge in [-0.15, -0.1) is 0 Å². The molecule has 0 aromatic heterocycles. The third-order valence-electron chi connectivity index (χ3n) is 7.00. The van der Waals surface area contributed by atoms with Crippen molar-refractivity contribution < 1.29 is 23.8 Å². The number of hydrogen-bond donors (Lipinski definition) is 1. The normalized spacial score (nSPS) is 13.9. The van der Waals surface area contributed by atoms with E-state index in [1.807, 2.05) is 30.3 Å². The van der Waals surface area contributed by atoms with E-state index in [0.29, 0.717) is 33.7 Å². The highest BCUT2D eigenvalue weighted by Gasteiger charge is 2.32. The van der Waals surface area contributed by atoms with Crippen molar-refractivity contribution in [3.63, 3.8) is 0 Å². The molecule has 0 spiro atoms. The largest absolute Gasteiger partial charge is 0.496 e. The van der Waals surface area contributed by atoms with Crippen LogP contribution < -0.4 is 19.5 Å². The molecule has 40 heavy (non-hydrogen) atoms. The van der Waals surface area contributed by atoms with Crippen LogP contribution in [-0.2, 0) is 22.6 Å². The molecule has 0 aliphatic heterocycles. The average Bonchev–Trinajstić information content (AvgIpc) is 3.48. The summed E-state index contributed by atoms with van der Waals surface area (Å²) in [4.78, 5) is 29.2. The Balaban J connectivity index is 1.63. The second-order valence-corrected chi connectivity index (χ2v) is 10.6. The van der Waals surface area contributed by atoms with Gasteiger partial charge in [-0.2, -0.15) is 0 Å². The molecule has 1 fully saturated rings. The second-order valence-electron chi connectivity index (χ2n) is 9.80. The highest BCUT2D eigenvalue weighted by atomic mass is 35.5. The third-order valence-corrected chi connectivity index (χ3v) is 7.74. The molecule has 1 N–H and O–H groups in total. The molecule has 1 saturated carbocycles. The number of nitrogens with zero attached hydrogens (tertiary/aromatic N) is 1. The van der Waals surface area contributed by atoms with Gasteiger partial charge in [0.05, 0.1) is 24.3 Å². The number of halogens is 2. The van der Waals surface area contributed by atoms with E-state index >= 15 is 0 Å². The lowest BCUT2D eigenvalue weighted by Gasteiger charge is -2.32. The van der Waals surface area contributed by atoms with Crippen LogP contribution in [0.15, 0.2) is 66.7 Å². The number of benzene rings is 3. The summed E-state index contributed by atoms with van der Waals surface area (Å²) in [6, 6.07) is 19.3. The van der Waals surface area contributed by atoms with Crippen molar-refractivity contribution in [3.05, 3.63) is 87.9 Å². The summed E-state index contributed by atoms with van der Waals surface area (Å²) in [6.07, 6.45) is 4.38. The number of ether oxygens (including phenoxy) is 3. The van der Waals surface area contributed by atoms with Crippen molar-refractivity contribution in [2.75, 3.05) is 20.8 Å². The number of methoxy groups -OCH3 is 2. The quantitative estimate of drug-likeness (QED) is 0.279. The van der Waals surface area contributed by atoms with Crippen molar-refractivity contribution in [1.82, 2.24) is 10.2 Å². The molecule has 4 rings (SSSR count). The predicted molar refractivity (Wildman–Crippen MR) is 156 cm³/mol. The fourth-order valence-electron chi connectivity index (χ4n) is 4.85. The van der Waals surface area contributed by atoms with Crippen LogP contribution in [0.25, 0.3) is 0 Å². The van der Waals surface area contributed by atoms with Crippen LogP contribution >= 0.6 is 23.2 Å². The van der Waals surface area contributed by atoms with Gasteiger partial charge < -0.3 is 24.4 Å². The summed E-state index contributed by atoms with van der Waals surface area (Å²) < 4.78 is 16.5. The van der Waals surface area contributed by atoms with E-state index in [2.05, 4.69) is 5.32 Å². The van der Waals surface area contributed by atoms with Gasteiger partial charge in [-0.25, -0.2) is 0 Å². The van der Waals surface area contributed by atoms with Gasteiger partial charge in [0.15, 0.2) is 6.61 Å². The lowest BCUT2D eigenvalue weighted by Crippen LogP contribution is -2.53. The smallest absolute Gasteiger partial charge is 0.261 e. The minimum absolute atomic E-state index is 0.105. The number of hydrogen-bond acceptors (Lipinski definition) is 5. The van der Waals surface area contributed by atoms with E-state index in [9.17, 15) is 9.59 Å². The summed E-state index contributed by atoms with van der Waals surface area (Å²) in [5, 5.41) is 3.98. The molecule has 0 bridgehead atoms. The van der Waals surface area contributed by atoms with Crippen LogP contribution in [0.2, 0.25) is 10.0 Å². The predicted octanol–water partition coefficient (Wildman–Crippen LogP) is 6.09. The first kappa shape index (κ1) is 29.6. The topological polar surface area (TPSA) is 77.1 Å². The maximum absolute atomic E-state index is 13.9. The van der Waals surface area contributed by atoms with Crippen molar-refractivity contribution in [2.24, 2.45) is 0 Å². The molecule has 2 amide bonds. The molecular formula is C31H34Cl2N2O5. The molecule has 212 valence electrons. The molecule has 1 aliphatic rings. The standard InChI is InChI=1S/C31H34Cl2N2O5/c1-38-24-16-25(39-2)18-26(17-24)40-20-30(36)35(19-22-12-13-27(32)28(33)14-22)29(15-21-8-4-3-5-9-21)31(37)34-23-10-6-7-11-23/h3-5,8-9,12-14,16-18,23,29H,6-7,10-11,15,19-20H2,1-2H3,(H,34,37)/t29-/m1/s1. The molecule has 0 unspecified atom stereocenters. The summed E-state index contributed by atoms with van der Waals surface area (Å²) in [6.45, 7) is -0.143. The minimum Gasteiger partial charge on any atom is -0.496 e. The van der Waals surface area contributed by atoms with E-state index in [4.69, 9.17) is 37.4 Å². The van der Waals surface area contributed by atoms with Crippen molar-refractivity contribution in [3.8, 4) is 17.2 Å². The SMILES string of the molecule is COc1cc(OC)cc(OCC(=O)N(Cc2ccc(Cl)c(Cl)c2)[C@H](Cc2ccccc2)C(=O)NC2CCCC2)c1. The fourth-order valence-corrected chi connectivity index (χ4v) is 5.17. The van der Waals surface area contributed by atoms with E-state index in [1.165, 1.54) is 0 Å². The number of carbonyl (C=O) groups is 2. The number of carbonyl (C=O) groups excluding carboxylic acids is 2. The molecule has 0 saturated heterocycles. The van der Waals surface area contributed by atoms with Gasteiger partial charge in [-0.05, 0) is 36.1 Å².